The van der Waals surface area contributed by atoms with Crippen molar-refractivity contribution in [2.45, 2.75) is 40.2 Å². The number of aromatic carboxylic acids is 2. The minimum Gasteiger partial charge on any atom is -0.872 e. The van der Waals surface area contributed by atoms with E-state index < -0.39 is 135 Å². The Labute approximate surface area is 681 Å². The number of carbonyl (C=O) groups excluding carboxylic acids is 8. The molecule has 2 aromatic heterocycles. The molecule has 5 aliphatic heterocycles. The van der Waals surface area contributed by atoms with Crippen molar-refractivity contribution in [2.75, 3.05) is 30.3 Å². The number of hydrogen-bond acceptors (Lipinski definition) is 29. The van der Waals surface area contributed by atoms with Gasteiger partial charge in [-0.3, -0.25) is 38.7 Å². The molecule has 33 nitrogen and oxygen atoms in total. The quantitative estimate of drug-likeness (QED) is 0.0280. The van der Waals surface area contributed by atoms with Crippen LogP contribution in [0.2, 0.25) is 5.02 Å². The molecule has 7 heterocycles. The van der Waals surface area contributed by atoms with Gasteiger partial charge in [-0.05, 0) is 108 Å². The Morgan fingerprint density at radius 1 is 0.644 bits per heavy atom. The standard InChI is InChI=1S/C39H26ClN3O13S2.C21H14O5.C20H16ClN3O9S/c40-26-8-16-7-25(37(53)56-28(16)12-27(26)46)34(48)41-13-31(47)42-38(54)43-33(36(51)52)17(15-58-39(42)43)14-57-20-3-6-21(24(11-20)35(49)50)32-22-4-1-18(44)9-29(22)55-30-10-19(45)2-5-23(30)32;1-11-2-5-14(17(8-11)21(24)25)20-15-6-3-12(22)9-18(15)26-19-10-13(23)4-7-16(19)20;1-7-6-34-17(24-14(7)18(28)29)15(19(30)31)23-13(26)5-22-16(27)9-2-8-3-10(21)11(25)4-12(8)33-20(9)32/h1-12,26-27,39,44,46H,13-15H2,(H,41,48)(H,49,50)(H,51,52);2-10,22H,1H3,(H,24,25);2-4,15,17,25H,1,5-6H2,(H,22,27)(H,23,26)(H,28,29)(H,30,31)/p-5. The fourth-order valence-electron chi connectivity index (χ4n) is 12.9. The number of aliphatic imine (C=N–C) groups is 1. The van der Waals surface area contributed by atoms with Gasteiger partial charge < -0.3 is 94.0 Å². The number of carbonyl (C=O) groups is 10. The topological polar surface area (TPSA) is 543 Å². The van der Waals surface area contributed by atoms with Crippen LogP contribution in [0.3, 0.4) is 0 Å². The van der Waals surface area contributed by atoms with E-state index in [0.717, 1.165) is 62.8 Å². The van der Waals surface area contributed by atoms with Crippen LogP contribution < -0.4 is 74.2 Å². The summed E-state index contributed by atoms with van der Waals surface area (Å²) in [6, 6.07) is 28.6. The lowest BCUT2D eigenvalue weighted by atomic mass is 9.90. The molecule has 0 saturated carbocycles. The fraction of sp³-hybridized carbons (Fsp3) is 0.138. The zero-order valence-corrected chi connectivity index (χ0v) is 63.9. The second-order valence-electron chi connectivity index (χ2n) is 26.2. The number of aliphatic hydroxyl groups is 1. The number of alkyl halides is 1. The first-order valence-corrected chi connectivity index (χ1v) is 38.2. The Balaban J connectivity index is 0.000000170. The van der Waals surface area contributed by atoms with Gasteiger partial charge in [-0.1, -0.05) is 72.3 Å². The number of amides is 6. The van der Waals surface area contributed by atoms with Crippen molar-refractivity contribution >= 4 is 169 Å². The van der Waals surface area contributed by atoms with Crippen LogP contribution in [-0.4, -0.2) is 154 Å². The molecule has 5 aromatic carbocycles. The molecule has 5 unspecified atom stereocenters. The number of rotatable bonds is 18. The van der Waals surface area contributed by atoms with Crippen molar-refractivity contribution in [1.29, 1.82) is 0 Å². The highest BCUT2D eigenvalue weighted by Gasteiger charge is 2.53. The fourth-order valence-corrected chi connectivity index (χ4v) is 16.7. The van der Waals surface area contributed by atoms with Crippen LogP contribution in [-0.2, 0) is 24.0 Å². The molecule has 1 saturated heterocycles. The lowest BCUT2D eigenvalue weighted by Crippen LogP contribution is -2.71. The molecular weight excluding hydrogens is 1640 g/mol. The van der Waals surface area contributed by atoms with Crippen molar-refractivity contribution in [2.24, 2.45) is 4.99 Å². The summed E-state index contributed by atoms with van der Waals surface area (Å²) >= 11 is 14.9. The van der Waals surface area contributed by atoms with E-state index in [4.69, 9.17) is 40.9 Å². The van der Waals surface area contributed by atoms with Gasteiger partial charge in [-0.25, -0.2) is 28.9 Å². The van der Waals surface area contributed by atoms with Crippen molar-refractivity contribution in [1.82, 2.24) is 25.8 Å². The smallest absolute Gasteiger partial charge is 0.349 e. The number of nitrogens with zero attached hydrogens (tertiary/aromatic N) is 3. The zero-order chi connectivity index (χ0) is 84.7. The molecule has 7 N–H and O–H groups in total. The number of urea groups is 1. The van der Waals surface area contributed by atoms with E-state index >= 15 is 0 Å². The predicted molar refractivity (Wildman–Crippen MR) is 417 cm³/mol. The number of carboxylic acids is 5. The number of fused-ring (bicyclic) bond motifs is 7. The third kappa shape index (κ3) is 16.9. The first-order chi connectivity index (χ1) is 56.1. The number of aliphatic carboxylic acids is 3. The number of imide groups is 1. The van der Waals surface area contributed by atoms with Crippen LogP contribution >= 0.6 is 58.5 Å². The van der Waals surface area contributed by atoms with Gasteiger partial charge >= 0.3 is 29.2 Å². The molecule has 600 valence electrons. The van der Waals surface area contributed by atoms with Crippen LogP contribution in [0.1, 0.15) is 47.0 Å². The summed E-state index contributed by atoms with van der Waals surface area (Å²) in [5.74, 6) is -11.6. The van der Waals surface area contributed by atoms with Crippen LogP contribution in [0, 0.1) is 6.92 Å². The molecule has 15 rings (SSSR count). The van der Waals surface area contributed by atoms with Gasteiger partial charge in [0.1, 0.15) is 62.0 Å². The molecular formula is C80H51Cl2N6O27S3-5. The number of benzene rings is 7. The van der Waals surface area contributed by atoms with Gasteiger partial charge in [0.2, 0.25) is 5.91 Å². The van der Waals surface area contributed by atoms with E-state index in [9.17, 15) is 113 Å². The molecule has 0 bridgehead atoms. The number of phenols is 1. The summed E-state index contributed by atoms with van der Waals surface area (Å²) in [4.78, 5) is 178. The van der Waals surface area contributed by atoms with Crippen molar-refractivity contribution < 1.29 is 112 Å². The predicted octanol–water partition coefficient (Wildman–Crippen LogP) is 2.23. The number of aryl methyl sites for hydroxylation is 1. The van der Waals surface area contributed by atoms with Crippen molar-refractivity contribution in [3.05, 3.63) is 242 Å². The third-order valence-corrected chi connectivity index (χ3v) is 22.6. The summed E-state index contributed by atoms with van der Waals surface area (Å²) in [5.41, 5.74) is -1.07. The normalized spacial score (nSPS) is 16.3. The maximum Gasteiger partial charge on any atom is 0.349 e. The minimum absolute atomic E-state index is 0.00811. The van der Waals surface area contributed by atoms with Gasteiger partial charge in [-0.15, -0.1) is 58.4 Å². The lowest BCUT2D eigenvalue weighted by molar-refractivity contribution is -0.308. The second-order valence-corrected chi connectivity index (χ2v) is 30.3. The Morgan fingerprint density at radius 3 is 1.81 bits per heavy atom. The van der Waals surface area contributed by atoms with Gasteiger partial charge in [0.25, 0.3) is 17.7 Å². The van der Waals surface area contributed by atoms with Gasteiger partial charge in [0, 0.05) is 84.0 Å². The highest BCUT2D eigenvalue weighted by molar-refractivity contribution is 8.01. The van der Waals surface area contributed by atoms with Crippen LogP contribution in [0.5, 0.6) is 17.2 Å². The Bertz CT molecular complexity index is 6610. The number of aromatic hydroxyl groups is 1. The largest absolute Gasteiger partial charge is 0.872 e. The molecule has 3 aliphatic carbocycles. The van der Waals surface area contributed by atoms with Gasteiger partial charge in [0.05, 0.1) is 70.0 Å². The molecule has 38 heteroatoms. The number of carboxylic acid groups (broad SMARTS) is 5. The third-order valence-electron chi connectivity index (χ3n) is 18.4. The molecule has 118 heavy (non-hydrogen) atoms. The van der Waals surface area contributed by atoms with Crippen molar-refractivity contribution in [3.63, 3.8) is 0 Å². The Kier molecular flexibility index (Phi) is 23.4. The van der Waals surface area contributed by atoms with E-state index in [0.29, 0.717) is 54.8 Å². The number of halogens is 2. The molecule has 0 radical (unpaired) electrons. The molecule has 7 aromatic rings. The van der Waals surface area contributed by atoms with Gasteiger partial charge in [0.15, 0.2) is 16.4 Å². The molecule has 8 aliphatic rings. The maximum absolute atomic E-state index is 13.2. The zero-order valence-electron chi connectivity index (χ0n) is 60.0. The van der Waals surface area contributed by atoms with E-state index in [-0.39, 0.29) is 111 Å². The average Bonchev–Trinajstić information content (AvgIpc) is 0.641. The molecule has 6 amide bonds. The van der Waals surface area contributed by atoms with E-state index in [2.05, 4.69) is 27.5 Å². The number of phenolic OH excluding ortho intramolecular Hbond substituents is 1. The van der Waals surface area contributed by atoms with E-state index in [1.54, 1.807) is 36.4 Å². The molecule has 5 atom stereocenters. The number of nitrogens with one attached hydrogen (secondary N) is 3. The summed E-state index contributed by atoms with van der Waals surface area (Å²) in [7, 11) is 0. The molecule has 1 fully saturated rings. The second kappa shape index (κ2) is 33.6. The van der Waals surface area contributed by atoms with Gasteiger partial charge in [-0.2, -0.15) is 0 Å². The number of aliphatic hydroxyl groups excluding tert-OH is 1. The lowest BCUT2D eigenvalue weighted by Gasteiger charge is -2.52. The Morgan fingerprint density at radius 2 is 1.22 bits per heavy atom. The molecule has 0 spiro atoms. The average molecular weight is 1700 g/mol. The van der Waals surface area contributed by atoms with Crippen LogP contribution in [0.4, 0.5) is 4.79 Å². The summed E-state index contributed by atoms with van der Waals surface area (Å²) in [6.07, 6.45) is 1.51. The Hall–Kier alpha value is -13.8. The summed E-state index contributed by atoms with van der Waals surface area (Å²) < 4.78 is 21.7. The minimum atomic E-state index is -1.73. The summed E-state index contributed by atoms with van der Waals surface area (Å²) in [5, 5.41) is 104. The highest BCUT2D eigenvalue weighted by atomic mass is 35.5. The number of thioether (sulfide) groups is 3. The first-order valence-electron chi connectivity index (χ1n) is 34.3. The van der Waals surface area contributed by atoms with E-state index in [1.165, 1.54) is 91.0 Å². The highest BCUT2D eigenvalue weighted by Crippen LogP contribution is 2.46. The van der Waals surface area contributed by atoms with Crippen LogP contribution in [0.15, 0.2) is 204 Å². The monoisotopic (exact) mass is 1690 g/mol. The maximum atomic E-state index is 13.2. The SMILES string of the molecule is C=C1CSC(C(NC(=O)CNC(=O)c2cc3cc(Cl)c(O)cc3oc2=O)C(=O)[O-])N=C1C(=O)[O-].Cc1ccc(-c2c3ccc(=O)cc-3oc3cc([O-])ccc23)c(C(=O)O)c1.O=C([O-])C1=C(CSc2ccc(-c3c4ccc(=O)cc-4oc4cc([O-])ccc34)c(C(=O)O)c2)CSC2N(C(=O)CNC(=O)c3cc4c(oc3=O)=CC(O)C(Cl)C=4)C(=O)N12. The van der Waals surface area contributed by atoms with Crippen LogP contribution in [0.25, 0.3) is 90.0 Å². The van der Waals surface area contributed by atoms with E-state index in [1.807, 2.05) is 13.0 Å². The number of hydrogen-bond donors (Lipinski definition) is 7. The van der Waals surface area contributed by atoms with Crippen molar-refractivity contribution in [3.8, 4) is 62.1 Å². The first kappa shape index (κ1) is 82.2. The summed E-state index contributed by atoms with van der Waals surface area (Å²) in [6.45, 7) is 3.86.